The van der Waals surface area contributed by atoms with Crippen LogP contribution in [0.1, 0.15) is 13.8 Å². The van der Waals surface area contributed by atoms with Gasteiger partial charge in [-0.1, -0.05) is 18.2 Å². The van der Waals surface area contributed by atoms with E-state index < -0.39 is 35.3 Å². The number of fused-ring (bicyclic) bond motifs is 1. The van der Waals surface area contributed by atoms with Gasteiger partial charge in [-0.3, -0.25) is 0 Å². The van der Waals surface area contributed by atoms with Gasteiger partial charge < -0.3 is 19.3 Å². The largest absolute Gasteiger partial charge is 0.466 e. The third-order valence-corrected chi connectivity index (χ3v) is 5.22. The van der Waals surface area contributed by atoms with Crippen molar-refractivity contribution in [3.05, 3.63) is 42.0 Å². The lowest BCUT2D eigenvalue weighted by molar-refractivity contribution is -0.152. The van der Waals surface area contributed by atoms with E-state index in [-0.39, 0.29) is 0 Å². The van der Waals surface area contributed by atoms with Crippen LogP contribution in [0.4, 0.5) is 0 Å². The fraction of sp³-hybridized carbons (Fsp3) is 0.471. The van der Waals surface area contributed by atoms with E-state index in [0.717, 1.165) is 4.90 Å². The molecule has 1 aromatic rings. The minimum atomic E-state index is -0.869. The van der Waals surface area contributed by atoms with E-state index in [4.69, 9.17) is 14.2 Å². The van der Waals surface area contributed by atoms with Crippen LogP contribution in [0.25, 0.3) is 0 Å². The Kier molecular flexibility index (Phi) is 4.51. The van der Waals surface area contributed by atoms with E-state index in [0.29, 0.717) is 5.57 Å². The molecule has 3 rings (SSSR count). The van der Waals surface area contributed by atoms with Crippen LogP contribution < -0.4 is 0 Å². The van der Waals surface area contributed by atoms with Crippen LogP contribution in [0.5, 0.6) is 0 Å². The van der Waals surface area contributed by atoms with Gasteiger partial charge in [0.1, 0.15) is 12.2 Å². The Morgan fingerprint density at radius 3 is 2.61 bits per heavy atom. The molecule has 124 valence electrons. The molecule has 1 aliphatic carbocycles. The molecule has 5 nitrogen and oxygen atoms in total. The molecular formula is C17H20O5S. The Morgan fingerprint density at radius 1 is 1.26 bits per heavy atom. The van der Waals surface area contributed by atoms with Crippen LogP contribution in [-0.4, -0.2) is 47.5 Å². The van der Waals surface area contributed by atoms with E-state index in [2.05, 4.69) is 0 Å². The summed E-state index contributed by atoms with van der Waals surface area (Å²) in [6, 6.07) is 9.63. The molecule has 1 N–H and O–H groups in total. The number of rotatable bonds is 3. The molecule has 1 heterocycles. The first-order valence-corrected chi connectivity index (χ1v) is 8.35. The number of benzene rings is 1. The highest BCUT2D eigenvalue weighted by atomic mass is 32.2. The second kappa shape index (κ2) is 6.28. The molecule has 1 aromatic carbocycles. The van der Waals surface area contributed by atoms with Crippen molar-refractivity contribution in [3.8, 4) is 0 Å². The van der Waals surface area contributed by atoms with Crippen molar-refractivity contribution in [1.29, 1.82) is 0 Å². The molecule has 0 amide bonds. The van der Waals surface area contributed by atoms with Crippen LogP contribution in [0, 0.1) is 0 Å². The van der Waals surface area contributed by atoms with Crippen LogP contribution in [0.3, 0.4) is 0 Å². The fourth-order valence-electron chi connectivity index (χ4n) is 2.92. The topological polar surface area (TPSA) is 65.0 Å². The highest BCUT2D eigenvalue weighted by Gasteiger charge is 2.51. The zero-order chi connectivity index (χ0) is 16.6. The van der Waals surface area contributed by atoms with Crippen molar-refractivity contribution < 1.29 is 24.1 Å². The number of ether oxygens (including phenoxy) is 3. The molecule has 0 spiro atoms. The second-order valence-corrected chi connectivity index (χ2v) is 7.24. The number of carbonyl (C=O) groups excluding carboxylic acids is 1. The lowest BCUT2D eigenvalue weighted by atomic mass is 9.91. The van der Waals surface area contributed by atoms with Crippen LogP contribution in [-0.2, 0) is 19.0 Å². The predicted molar refractivity (Wildman–Crippen MR) is 86.0 cm³/mol. The third-order valence-electron chi connectivity index (χ3n) is 3.89. The maximum Gasteiger partial charge on any atom is 0.334 e. The molecule has 1 saturated heterocycles. The van der Waals surface area contributed by atoms with Crippen molar-refractivity contribution in [1.82, 2.24) is 0 Å². The first kappa shape index (κ1) is 16.5. The van der Waals surface area contributed by atoms with Crippen molar-refractivity contribution >= 4 is 17.7 Å². The number of carbonyl (C=O) groups is 1. The molecule has 2 aliphatic rings. The number of hydrogen-bond donors (Lipinski definition) is 1. The van der Waals surface area contributed by atoms with Crippen molar-refractivity contribution in [2.75, 3.05) is 7.11 Å². The number of methoxy groups -OCH3 is 1. The highest BCUT2D eigenvalue weighted by molar-refractivity contribution is 8.00. The summed E-state index contributed by atoms with van der Waals surface area (Å²) in [5, 5.41) is 10.3. The molecule has 1 aliphatic heterocycles. The molecule has 6 heteroatoms. The fourth-order valence-corrected chi connectivity index (χ4v) is 4.12. The van der Waals surface area contributed by atoms with E-state index in [9.17, 15) is 9.90 Å². The quantitative estimate of drug-likeness (QED) is 0.853. The van der Waals surface area contributed by atoms with Crippen LogP contribution >= 0.6 is 11.8 Å². The molecule has 23 heavy (non-hydrogen) atoms. The minimum Gasteiger partial charge on any atom is -0.466 e. The third kappa shape index (κ3) is 3.30. The van der Waals surface area contributed by atoms with Gasteiger partial charge in [-0.25, -0.2) is 4.79 Å². The van der Waals surface area contributed by atoms with Gasteiger partial charge in [0.05, 0.1) is 24.0 Å². The maximum atomic E-state index is 12.2. The lowest BCUT2D eigenvalue weighted by Gasteiger charge is -2.33. The summed E-state index contributed by atoms with van der Waals surface area (Å²) in [6.07, 6.45) is -0.106. The summed E-state index contributed by atoms with van der Waals surface area (Å²) in [7, 11) is 1.34. The van der Waals surface area contributed by atoms with E-state index in [1.807, 2.05) is 30.3 Å². The van der Waals surface area contributed by atoms with Gasteiger partial charge in [-0.2, -0.15) is 0 Å². The Hall–Kier alpha value is -1.34. The Bertz CT molecular complexity index is 613. The number of hydrogen-bond acceptors (Lipinski definition) is 6. The van der Waals surface area contributed by atoms with E-state index >= 15 is 0 Å². The van der Waals surface area contributed by atoms with Gasteiger partial charge in [-0.05, 0) is 32.1 Å². The number of aliphatic hydroxyl groups is 1. The van der Waals surface area contributed by atoms with Crippen molar-refractivity contribution in [2.24, 2.45) is 0 Å². The van der Waals surface area contributed by atoms with Gasteiger partial charge in [-0.15, -0.1) is 11.8 Å². The van der Waals surface area contributed by atoms with Gasteiger partial charge in [0, 0.05) is 4.90 Å². The van der Waals surface area contributed by atoms with Gasteiger partial charge >= 0.3 is 5.97 Å². The maximum absolute atomic E-state index is 12.2. The second-order valence-electron chi connectivity index (χ2n) is 6.02. The summed E-state index contributed by atoms with van der Waals surface area (Å²) in [5.41, 5.74) is 0.413. The summed E-state index contributed by atoms with van der Waals surface area (Å²) in [5.74, 6) is -1.25. The van der Waals surface area contributed by atoms with Crippen molar-refractivity contribution in [2.45, 2.75) is 48.1 Å². The summed E-state index contributed by atoms with van der Waals surface area (Å²) in [6.45, 7) is 3.59. The standard InChI is InChI=1S/C17H20O5S/c1-17(2)21-12-9-11(16(19)20-3)15(13(18)14(12)22-17)23-10-7-5-4-6-8-10/h4-9,12-15,18H,1-3H3/t12-,13+,14-,15+/m1/s1. The molecule has 0 saturated carbocycles. The Balaban J connectivity index is 1.93. The SMILES string of the molecule is COC(=O)C1=C[C@H]2OC(C)(C)O[C@H]2[C@H](O)[C@H]1Sc1ccccc1. The predicted octanol–water partition coefficient (Wildman–Crippen LogP) is 2.14. The summed E-state index contributed by atoms with van der Waals surface area (Å²) >= 11 is 1.42. The molecule has 0 aromatic heterocycles. The molecule has 1 fully saturated rings. The first-order valence-electron chi connectivity index (χ1n) is 7.47. The van der Waals surface area contributed by atoms with Crippen LogP contribution in [0.2, 0.25) is 0 Å². The lowest BCUT2D eigenvalue weighted by Crippen LogP contribution is -2.47. The summed E-state index contributed by atoms with van der Waals surface area (Å²) < 4.78 is 16.5. The molecule has 4 atom stereocenters. The molecule has 0 unspecified atom stereocenters. The number of thioether (sulfide) groups is 1. The molecular weight excluding hydrogens is 316 g/mol. The molecule has 0 bridgehead atoms. The van der Waals surface area contributed by atoms with E-state index in [1.54, 1.807) is 19.9 Å². The Labute approximate surface area is 139 Å². The number of esters is 1. The monoisotopic (exact) mass is 336 g/mol. The normalized spacial score (nSPS) is 32.1. The highest BCUT2D eigenvalue weighted by Crippen LogP contribution is 2.42. The average molecular weight is 336 g/mol. The average Bonchev–Trinajstić information content (AvgIpc) is 2.85. The zero-order valence-electron chi connectivity index (χ0n) is 13.3. The van der Waals surface area contributed by atoms with Gasteiger partial charge in [0.2, 0.25) is 0 Å². The first-order chi connectivity index (χ1) is 10.9. The Morgan fingerprint density at radius 2 is 1.96 bits per heavy atom. The van der Waals surface area contributed by atoms with E-state index in [1.165, 1.54) is 18.9 Å². The molecule has 0 radical (unpaired) electrons. The zero-order valence-corrected chi connectivity index (χ0v) is 14.1. The van der Waals surface area contributed by atoms with Crippen LogP contribution in [0.15, 0.2) is 46.9 Å². The van der Waals surface area contributed by atoms with Gasteiger partial charge in [0.15, 0.2) is 5.79 Å². The van der Waals surface area contributed by atoms with Crippen molar-refractivity contribution in [3.63, 3.8) is 0 Å². The summed E-state index contributed by atoms with van der Waals surface area (Å²) in [4.78, 5) is 13.1. The van der Waals surface area contributed by atoms with Gasteiger partial charge in [0.25, 0.3) is 0 Å². The smallest absolute Gasteiger partial charge is 0.334 e. The number of aliphatic hydroxyl groups excluding tert-OH is 1. The minimum absolute atomic E-state index is 0.413.